The Hall–Kier alpha value is -3.39. The Balaban J connectivity index is 1.48. The van der Waals surface area contributed by atoms with E-state index in [9.17, 15) is 9.59 Å². The molecule has 8 nitrogen and oxygen atoms in total. The molecule has 1 aromatic heterocycles. The molecule has 0 fully saturated rings. The highest BCUT2D eigenvalue weighted by molar-refractivity contribution is 6.30. The number of carbonyl (C=O) groups excluding carboxylic acids is 2. The van der Waals surface area contributed by atoms with Crippen LogP contribution in [-0.4, -0.2) is 36.1 Å². The largest absolute Gasteiger partial charge is 0.378 e. The minimum Gasteiger partial charge on any atom is -0.378 e. The fraction of sp³-hybridized carbons (Fsp3) is 0.200. The number of hydrogen-bond donors (Lipinski definition) is 2. The van der Waals surface area contributed by atoms with Gasteiger partial charge in [0.05, 0.1) is 0 Å². The van der Waals surface area contributed by atoms with Crippen molar-refractivity contribution in [1.29, 1.82) is 0 Å². The zero-order valence-electron chi connectivity index (χ0n) is 16.0. The topological polar surface area (TPSA) is 100 Å². The monoisotopic (exact) mass is 413 g/mol. The third kappa shape index (κ3) is 5.55. The number of rotatable bonds is 6. The summed E-state index contributed by atoms with van der Waals surface area (Å²) < 4.78 is 5.16. The maximum atomic E-state index is 12.2. The second-order valence-electron chi connectivity index (χ2n) is 6.47. The molecule has 2 aromatic carbocycles. The van der Waals surface area contributed by atoms with E-state index >= 15 is 0 Å². The Morgan fingerprint density at radius 2 is 1.86 bits per heavy atom. The normalized spacial score (nSPS) is 10.4. The van der Waals surface area contributed by atoms with E-state index in [1.54, 1.807) is 42.5 Å². The summed E-state index contributed by atoms with van der Waals surface area (Å²) in [4.78, 5) is 30.3. The molecule has 0 saturated heterocycles. The van der Waals surface area contributed by atoms with Crippen molar-refractivity contribution < 1.29 is 14.1 Å². The maximum absolute atomic E-state index is 12.2. The van der Waals surface area contributed by atoms with Crippen molar-refractivity contribution in [2.24, 2.45) is 0 Å². The summed E-state index contributed by atoms with van der Waals surface area (Å²) in [5.74, 6) is -0.0144. The first-order chi connectivity index (χ1) is 13.9. The van der Waals surface area contributed by atoms with Gasteiger partial charge < -0.3 is 9.42 Å². The van der Waals surface area contributed by atoms with Gasteiger partial charge in [-0.3, -0.25) is 20.4 Å². The molecule has 0 aliphatic carbocycles. The minimum absolute atomic E-state index is 0.0836. The van der Waals surface area contributed by atoms with Gasteiger partial charge >= 0.3 is 0 Å². The Bertz CT molecular complexity index is 1000. The quantitative estimate of drug-likeness (QED) is 0.603. The molecule has 0 radical (unpaired) electrons. The Morgan fingerprint density at radius 3 is 2.59 bits per heavy atom. The molecular formula is C20H20ClN5O3. The van der Waals surface area contributed by atoms with E-state index < -0.39 is 5.91 Å². The van der Waals surface area contributed by atoms with Gasteiger partial charge in [-0.1, -0.05) is 22.8 Å². The zero-order chi connectivity index (χ0) is 20.8. The third-order valence-electron chi connectivity index (χ3n) is 4.08. The first kappa shape index (κ1) is 20.3. The molecule has 150 valence electrons. The van der Waals surface area contributed by atoms with Crippen LogP contribution in [0.5, 0.6) is 0 Å². The van der Waals surface area contributed by atoms with E-state index in [1.165, 1.54) is 0 Å². The van der Waals surface area contributed by atoms with Gasteiger partial charge in [0.2, 0.25) is 17.6 Å². The summed E-state index contributed by atoms with van der Waals surface area (Å²) in [6.45, 7) is 0. The standard InChI is InChI=1S/C20H20ClN5O3/c1-26(2)16-5-3-4-14(12-16)20(28)24-23-17(27)10-11-18-22-19(25-29-18)13-6-8-15(21)9-7-13/h3-9,12H,10-11H2,1-2H3,(H,23,27)(H,24,28). The number of nitrogens with zero attached hydrogens (tertiary/aromatic N) is 3. The van der Waals surface area contributed by atoms with Gasteiger partial charge in [0.1, 0.15) is 0 Å². The number of hydrogen-bond acceptors (Lipinski definition) is 6. The van der Waals surface area contributed by atoms with Crippen LogP contribution in [0, 0.1) is 0 Å². The fourth-order valence-electron chi connectivity index (χ4n) is 2.48. The number of aryl methyl sites for hydroxylation is 1. The number of hydrazine groups is 1. The maximum Gasteiger partial charge on any atom is 0.269 e. The van der Waals surface area contributed by atoms with Gasteiger partial charge in [-0.2, -0.15) is 4.98 Å². The molecule has 29 heavy (non-hydrogen) atoms. The van der Waals surface area contributed by atoms with Gasteiger partial charge in [0, 0.05) is 48.8 Å². The van der Waals surface area contributed by atoms with Crippen molar-refractivity contribution in [1.82, 2.24) is 21.0 Å². The lowest BCUT2D eigenvalue weighted by Gasteiger charge is -2.13. The van der Waals surface area contributed by atoms with Gasteiger partial charge in [-0.25, -0.2) is 0 Å². The van der Waals surface area contributed by atoms with E-state index in [-0.39, 0.29) is 18.7 Å². The average molecular weight is 414 g/mol. The van der Waals surface area contributed by atoms with Crippen LogP contribution in [0.15, 0.2) is 53.1 Å². The van der Waals surface area contributed by atoms with Crippen LogP contribution in [0.2, 0.25) is 5.02 Å². The summed E-state index contributed by atoms with van der Waals surface area (Å²) >= 11 is 5.86. The molecule has 0 atom stereocenters. The summed E-state index contributed by atoms with van der Waals surface area (Å²) in [7, 11) is 3.77. The first-order valence-corrected chi connectivity index (χ1v) is 9.25. The molecule has 2 amide bonds. The Morgan fingerprint density at radius 1 is 1.10 bits per heavy atom. The molecule has 0 unspecified atom stereocenters. The van der Waals surface area contributed by atoms with Gasteiger partial charge in [-0.15, -0.1) is 0 Å². The van der Waals surface area contributed by atoms with Crippen molar-refractivity contribution in [3.8, 4) is 11.4 Å². The highest BCUT2D eigenvalue weighted by Crippen LogP contribution is 2.19. The molecule has 0 spiro atoms. The van der Waals surface area contributed by atoms with E-state index in [1.807, 2.05) is 25.1 Å². The lowest BCUT2D eigenvalue weighted by atomic mass is 10.2. The molecule has 0 bridgehead atoms. The molecule has 1 heterocycles. The van der Waals surface area contributed by atoms with E-state index in [0.29, 0.717) is 22.3 Å². The number of anilines is 1. The van der Waals surface area contributed by atoms with Crippen molar-refractivity contribution in [2.75, 3.05) is 19.0 Å². The number of aromatic nitrogens is 2. The smallest absolute Gasteiger partial charge is 0.269 e. The van der Waals surface area contributed by atoms with Crippen molar-refractivity contribution >= 4 is 29.1 Å². The van der Waals surface area contributed by atoms with Crippen LogP contribution >= 0.6 is 11.6 Å². The van der Waals surface area contributed by atoms with Gasteiger partial charge in [-0.05, 0) is 42.5 Å². The number of nitrogens with one attached hydrogen (secondary N) is 2. The molecule has 9 heteroatoms. The highest BCUT2D eigenvalue weighted by atomic mass is 35.5. The summed E-state index contributed by atoms with van der Waals surface area (Å²) in [6.07, 6.45) is 0.332. The van der Waals surface area contributed by atoms with Crippen LogP contribution in [0.3, 0.4) is 0 Å². The van der Waals surface area contributed by atoms with Gasteiger partial charge in [0.25, 0.3) is 5.91 Å². The number of carbonyl (C=O) groups is 2. The van der Waals surface area contributed by atoms with Gasteiger partial charge in [0.15, 0.2) is 0 Å². The molecule has 2 N–H and O–H groups in total. The average Bonchev–Trinajstić information content (AvgIpc) is 3.20. The SMILES string of the molecule is CN(C)c1cccc(C(=O)NNC(=O)CCc2nc(-c3ccc(Cl)cc3)no2)c1. The zero-order valence-corrected chi connectivity index (χ0v) is 16.7. The summed E-state index contributed by atoms with van der Waals surface area (Å²) in [5.41, 5.74) is 6.89. The second kappa shape index (κ2) is 9.20. The lowest BCUT2D eigenvalue weighted by Crippen LogP contribution is -2.41. The van der Waals surface area contributed by atoms with Crippen molar-refractivity contribution in [2.45, 2.75) is 12.8 Å². The van der Waals surface area contributed by atoms with Crippen molar-refractivity contribution in [3.05, 3.63) is 65.0 Å². The van der Waals surface area contributed by atoms with Crippen LogP contribution in [0.4, 0.5) is 5.69 Å². The van der Waals surface area contributed by atoms with Crippen LogP contribution < -0.4 is 15.8 Å². The van der Waals surface area contributed by atoms with Crippen LogP contribution in [0.1, 0.15) is 22.7 Å². The lowest BCUT2D eigenvalue weighted by molar-refractivity contribution is -0.121. The molecule has 0 aliphatic rings. The Labute approximate surface area is 172 Å². The van der Waals surface area contributed by atoms with Crippen molar-refractivity contribution in [3.63, 3.8) is 0 Å². The predicted octanol–water partition coefficient (Wildman–Crippen LogP) is 2.85. The molecule has 3 aromatic rings. The van der Waals surface area contributed by atoms with E-state index in [0.717, 1.165) is 11.3 Å². The minimum atomic E-state index is -0.398. The molecule has 0 saturated carbocycles. The van der Waals surface area contributed by atoms with Crippen LogP contribution in [0.25, 0.3) is 11.4 Å². The fourth-order valence-corrected chi connectivity index (χ4v) is 2.61. The van der Waals surface area contributed by atoms with E-state index in [4.69, 9.17) is 16.1 Å². The summed E-state index contributed by atoms with van der Waals surface area (Å²) in [6, 6.07) is 14.1. The number of amides is 2. The third-order valence-corrected chi connectivity index (χ3v) is 4.33. The molecular weight excluding hydrogens is 394 g/mol. The Kier molecular flexibility index (Phi) is 6.46. The number of halogens is 1. The first-order valence-electron chi connectivity index (χ1n) is 8.87. The highest BCUT2D eigenvalue weighted by Gasteiger charge is 2.12. The predicted molar refractivity (Wildman–Crippen MR) is 109 cm³/mol. The molecule has 0 aliphatic heterocycles. The number of benzene rings is 2. The molecule has 3 rings (SSSR count). The second-order valence-corrected chi connectivity index (χ2v) is 6.90. The summed E-state index contributed by atoms with van der Waals surface area (Å²) in [5, 5.41) is 4.51. The van der Waals surface area contributed by atoms with E-state index in [2.05, 4.69) is 21.0 Å². The van der Waals surface area contributed by atoms with Crippen LogP contribution in [-0.2, 0) is 11.2 Å².